The second kappa shape index (κ2) is 4.20. The zero-order valence-corrected chi connectivity index (χ0v) is 4.88. The van der Waals surface area contributed by atoms with Crippen LogP contribution in [-0.2, 0) is 0 Å². The van der Waals surface area contributed by atoms with E-state index in [4.69, 9.17) is 23.2 Å². The molecule has 0 rings (SSSR count). The molecule has 0 aromatic heterocycles. The van der Waals surface area contributed by atoms with Crippen molar-refractivity contribution >= 4 is 23.2 Å². The van der Waals surface area contributed by atoms with Crippen LogP contribution in [0.4, 0.5) is 4.39 Å². The lowest BCUT2D eigenvalue weighted by atomic mass is 10.7. The Morgan fingerprint density at radius 1 is 1.71 bits per heavy atom. The van der Waals surface area contributed by atoms with Crippen molar-refractivity contribution in [1.29, 1.82) is 0 Å². The molecule has 0 N–H and O–H groups in total. The monoisotopic (exact) mass is 140 g/mol. The van der Waals surface area contributed by atoms with E-state index in [0.29, 0.717) is 0 Å². The van der Waals surface area contributed by atoms with E-state index in [0.717, 1.165) is 11.6 Å². The molecule has 0 saturated heterocycles. The maximum atomic E-state index is 11.5. The molecule has 1 atom stereocenters. The van der Waals surface area contributed by atoms with Gasteiger partial charge in [0.25, 0.3) is 0 Å². The number of hydrogen-bond acceptors (Lipinski definition) is 0. The van der Waals surface area contributed by atoms with Gasteiger partial charge in [-0.15, -0.1) is 5.73 Å². The quantitative estimate of drug-likeness (QED) is 0.388. The van der Waals surface area contributed by atoms with E-state index >= 15 is 0 Å². The minimum Gasteiger partial charge on any atom is -0.225 e. The van der Waals surface area contributed by atoms with Gasteiger partial charge in [0.15, 0.2) is 5.63 Å². The van der Waals surface area contributed by atoms with Gasteiger partial charge in [0.1, 0.15) is 0 Å². The lowest BCUT2D eigenvalue weighted by Crippen LogP contribution is -1.73. The van der Waals surface area contributed by atoms with Gasteiger partial charge in [-0.2, -0.15) is 0 Å². The van der Waals surface area contributed by atoms with E-state index in [1.807, 2.05) is 0 Å². The fourth-order valence-corrected chi connectivity index (χ4v) is 0.255. The molecule has 0 aliphatic heterocycles. The van der Waals surface area contributed by atoms with Crippen LogP contribution in [0.15, 0.2) is 17.3 Å². The first-order valence-electron chi connectivity index (χ1n) is 1.57. The van der Waals surface area contributed by atoms with Crippen molar-refractivity contribution in [2.75, 3.05) is 0 Å². The first-order chi connectivity index (χ1) is 3.27. The predicted molar refractivity (Wildman–Crippen MR) is 29.3 cm³/mol. The molecule has 40 valence electrons. The van der Waals surface area contributed by atoms with Gasteiger partial charge in [-0.3, -0.25) is 0 Å². The van der Waals surface area contributed by atoms with E-state index in [1.165, 1.54) is 0 Å². The van der Waals surface area contributed by atoms with Crippen molar-refractivity contribution < 1.29 is 4.39 Å². The van der Waals surface area contributed by atoms with E-state index in [-0.39, 0.29) is 0 Å². The molecule has 0 amide bonds. The molecule has 3 heteroatoms. The lowest BCUT2D eigenvalue weighted by molar-refractivity contribution is 0.512. The zero-order valence-electron chi connectivity index (χ0n) is 3.37. The van der Waals surface area contributed by atoms with Crippen molar-refractivity contribution in [3.05, 3.63) is 17.3 Å². The minimum atomic E-state index is -1.48. The Bertz CT molecular complexity index is 91.9. The van der Waals surface area contributed by atoms with Crippen LogP contribution in [0.1, 0.15) is 0 Å². The average Bonchev–Trinajstić information content (AvgIpc) is 1.61. The highest BCUT2D eigenvalue weighted by Crippen LogP contribution is 1.95. The van der Waals surface area contributed by atoms with Crippen LogP contribution < -0.4 is 0 Å². The second-order valence-corrected chi connectivity index (χ2v) is 1.41. The fourth-order valence-electron chi connectivity index (χ4n) is 0.109. The molecule has 0 aliphatic rings. The summed E-state index contributed by atoms with van der Waals surface area (Å²) in [5, 5.41) is 0. The molecule has 0 heterocycles. The number of rotatable bonds is 1. The van der Waals surface area contributed by atoms with Gasteiger partial charge < -0.3 is 0 Å². The molecule has 0 radical (unpaired) electrons. The summed E-state index contributed by atoms with van der Waals surface area (Å²) in [5.74, 6) is 0. The Labute approximate surface area is 51.2 Å². The summed E-state index contributed by atoms with van der Waals surface area (Å²) >= 11 is 9.75. The van der Waals surface area contributed by atoms with Gasteiger partial charge in [-0.1, -0.05) is 23.2 Å². The topological polar surface area (TPSA) is 0 Å². The van der Waals surface area contributed by atoms with Crippen LogP contribution in [-0.4, -0.2) is 5.63 Å². The fraction of sp³-hybridized carbons (Fsp3) is 0.250. The molecular weight excluding hydrogens is 138 g/mol. The molecule has 7 heavy (non-hydrogen) atoms. The molecule has 0 nitrogen and oxygen atoms in total. The number of alkyl halides is 2. The van der Waals surface area contributed by atoms with Gasteiger partial charge in [-0.25, -0.2) is 4.39 Å². The third kappa shape index (κ3) is 6.03. The Kier molecular flexibility index (Phi) is 4.21. The molecule has 0 spiro atoms. The third-order valence-electron chi connectivity index (χ3n) is 0.285. The number of hydrogen-bond donors (Lipinski definition) is 0. The standard InChI is InChI=1S/C4H3Cl2F/c5-3-1-2-4(6)7/h2-4H. The van der Waals surface area contributed by atoms with Gasteiger partial charge in [0.2, 0.25) is 0 Å². The van der Waals surface area contributed by atoms with Gasteiger partial charge in [-0.05, 0) is 0 Å². The largest absolute Gasteiger partial charge is 0.225 e. The highest BCUT2D eigenvalue weighted by atomic mass is 35.5. The molecule has 1 unspecified atom stereocenters. The maximum Gasteiger partial charge on any atom is 0.199 e. The summed E-state index contributed by atoms with van der Waals surface area (Å²) < 4.78 is 11.5. The van der Waals surface area contributed by atoms with Crippen LogP contribution >= 0.6 is 23.2 Å². The van der Waals surface area contributed by atoms with Crippen LogP contribution in [0.5, 0.6) is 0 Å². The van der Waals surface area contributed by atoms with Crippen molar-refractivity contribution in [2.24, 2.45) is 0 Å². The highest BCUT2D eigenvalue weighted by molar-refractivity contribution is 6.25. The number of halogens is 3. The van der Waals surface area contributed by atoms with Crippen molar-refractivity contribution in [3.8, 4) is 0 Å². The van der Waals surface area contributed by atoms with Crippen molar-refractivity contribution in [3.63, 3.8) is 0 Å². The second-order valence-electron chi connectivity index (χ2n) is 0.777. The van der Waals surface area contributed by atoms with E-state index < -0.39 is 5.63 Å². The minimum absolute atomic E-state index is 1.01. The Morgan fingerprint density at radius 2 is 2.29 bits per heavy atom. The van der Waals surface area contributed by atoms with Gasteiger partial charge >= 0.3 is 0 Å². The SMILES string of the molecule is FC(Cl)C=C=CCl. The normalized spacial score (nSPS) is 11.9. The van der Waals surface area contributed by atoms with Crippen LogP contribution in [0, 0.1) is 0 Å². The maximum absolute atomic E-state index is 11.5. The number of allylic oxidation sites excluding steroid dienone is 1. The summed E-state index contributed by atoms with van der Waals surface area (Å²) in [4.78, 5) is 0. The lowest BCUT2D eigenvalue weighted by Gasteiger charge is -1.77. The average molecular weight is 141 g/mol. The first kappa shape index (κ1) is 7.03. The summed E-state index contributed by atoms with van der Waals surface area (Å²) in [6.45, 7) is 0. The van der Waals surface area contributed by atoms with Crippen LogP contribution in [0.25, 0.3) is 0 Å². The van der Waals surface area contributed by atoms with E-state index in [9.17, 15) is 4.39 Å². The van der Waals surface area contributed by atoms with Gasteiger partial charge in [0, 0.05) is 11.6 Å². The third-order valence-corrected chi connectivity index (χ3v) is 0.537. The molecule has 0 aliphatic carbocycles. The molecule has 0 fully saturated rings. The Hall–Kier alpha value is 0.0300. The highest BCUT2D eigenvalue weighted by Gasteiger charge is 1.85. The van der Waals surface area contributed by atoms with Crippen LogP contribution in [0.3, 0.4) is 0 Å². The molecule has 0 bridgehead atoms. The van der Waals surface area contributed by atoms with E-state index in [1.54, 1.807) is 0 Å². The summed E-state index contributed by atoms with van der Waals surface area (Å²) in [5.41, 5.74) is 1.84. The van der Waals surface area contributed by atoms with Crippen molar-refractivity contribution in [2.45, 2.75) is 5.63 Å². The molecule has 0 aromatic carbocycles. The summed E-state index contributed by atoms with van der Waals surface area (Å²) in [6, 6.07) is 0. The molecule has 0 saturated carbocycles. The zero-order chi connectivity index (χ0) is 5.70. The summed E-state index contributed by atoms with van der Waals surface area (Å²) in [7, 11) is 0. The van der Waals surface area contributed by atoms with E-state index in [2.05, 4.69) is 5.73 Å². The smallest absolute Gasteiger partial charge is 0.199 e. The van der Waals surface area contributed by atoms with Crippen molar-refractivity contribution in [1.82, 2.24) is 0 Å². The molecular formula is C4H3Cl2F. The Balaban J connectivity index is 3.46. The summed E-state index contributed by atoms with van der Waals surface area (Å²) in [6.07, 6.45) is 1.01. The first-order valence-corrected chi connectivity index (χ1v) is 2.44. The predicted octanol–water partition coefficient (Wildman–Crippen LogP) is 2.43. The molecule has 0 aromatic rings. The van der Waals surface area contributed by atoms with Crippen LogP contribution in [0.2, 0.25) is 0 Å². The Morgan fingerprint density at radius 3 is 2.43 bits per heavy atom. The van der Waals surface area contributed by atoms with Gasteiger partial charge in [0.05, 0.1) is 0 Å².